The van der Waals surface area contributed by atoms with E-state index >= 15 is 0 Å². The summed E-state index contributed by atoms with van der Waals surface area (Å²) in [5.74, 6) is 0. The van der Waals surface area contributed by atoms with E-state index in [2.05, 4.69) is 24.2 Å². The molecule has 0 spiro atoms. The molecule has 2 nitrogen and oxygen atoms in total. The highest BCUT2D eigenvalue weighted by Crippen LogP contribution is 2.20. The minimum atomic E-state index is 1.11. The Morgan fingerprint density at radius 3 is 2.79 bits per heavy atom. The van der Waals surface area contributed by atoms with Crippen LogP contribution in [0.5, 0.6) is 0 Å². The third-order valence-electron chi connectivity index (χ3n) is 2.09. The lowest BCUT2D eigenvalue weighted by atomic mass is 10.2. The third-order valence-corrected chi connectivity index (χ3v) is 2.09. The van der Waals surface area contributed by atoms with Gasteiger partial charge >= 0.3 is 0 Å². The molecule has 0 fully saturated rings. The molecule has 0 atom stereocenters. The molecule has 0 unspecified atom stereocenters. The molecule has 0 saturated heterocycles. The summed E-state index contributed by atoms with van der Waals surface area (Å²) in [5.41, 5.74) is 2.33. The summed E-state index contributed by atoms with van der Waals surface area (Å²) in [6.45, 7) is 2.08. The van der Waals surface area contributed by atoms with Crippen molar-refractivity contribution < 1.29 is 0 Å². The van der Waals surface area contributed by atoms with E-state index in [1.807, 2.05) is 41.6 Å². The maximum atomic E-state index is 4.29. The van der Waals surface area contributed by atoms with Crippen molar-refractivity contribution in [3.63, 3.8) is 0 Å². The molecule has 1 aliphatic heterocycles. The lowest BCUT2D eigenvalue weighted by molar-refractivity contribution is 1.08. The number of hydrazone groups is 1. The minimum Gasteiger partial charge on any atom is -0.241 e. The van der Waals surface area contributed by atoms with Gasteiger partial charge in [0, 0.05) is 12.4 Å². The molecule has 0 saturated carbocycles. The zero-order valence-electron chi connectivity index (χ0n) is 8.09. The van der Waals surface area contributed by atoms with Gasteiger partial charge in [-0.05, 0) is 30.7 Å². The molecular formula is C12H12N2. The number of hydrogen-bond donors (Lipinski definition) is 0. The average Bonchev–Trinajstić information content (AvgIpc) is 2.47. The fraction of sp³-hybridized carbons (Fsp3) is 0.0833. The number of aryl methyl sites for hydroxylation is 1. The van der Waals surface area contributed by atoms with Gasteiger partial charge in [0.2, 0.25) is 0 Å². The first kappa shape index (κ1) is 8.75. The van der Waals surface area contributed by atoms with Crippen molar-refractivity contribution in [1.82, 2.24) is 0 Å². The van der Waals surface area contributed by atoms with Crippen LogP contribution in [0.1, 0.15) is 5.56 Å². The van der Waals surface area contributed by atoms with Gasteiger partial charge in [0.1, 0.15) is 0 Å². The topological polar surface area (TPSA) is 15.6 Å². The van der Waals surface area contributed by atoms with Crippen molar-refractivity contribution in [2.75, 3.05) is 5.01 Å². The van der Waals surface area contributed by atoms with Gasteiger partial charge in [0.05, 0.1) is 5.69 Å². The van der Waals surface area contributed by atoms with E-state index in [1.165, 1.54) is 5.56 Å². The van der Waals surface area contributed by atoms with Gasteiger partial charge in [-0.15, -0.1) is 0 Å². The van der Waals surface area contributed by atoms with E-state index in [1.54, 1.807) is 6.21 Å². The normalized spacial score (nSPS) is 14.5. The fourth-order valence-corrected chi connectivity index (χ4v) is 1.36. The van der Waals surface area contributed by atoms with Crippen molar-refractivity contribution in [2.45, 2.75) is 6.92 Å². The first-order valence-electron chi connectivity index (χ1n) is 4.60. The Kier molecular flexibility index (Phi) is 2.45. The van der Waals surface area contributed by atoms with E-state index in [-0.39, 0.29) is 0 Å². The van der Waals surface area contributed by atoms with E-state index in [0.29, 0.717) is 0 Å². The molecule has 1 heterocycles. The summed E-state index contributed by atoms with van der Waals surface area (Å²) in [4.78, 5) is 0. The molecule has 0 N–H and O–H groups in total. The van der Waals surface area contributed by atoms with Gasteiger partial charge < -0.3 is 0 Å². The van der Waals surface area contributed by atoms with E-state index in [9.17, 15) is 0 Å². The third kappa shape index (κ3) is 1.74. The summed E-state index contributed by atoms with van der Waals surface area (Å²) < 4.78 is 0. The van der Waals surface area contributed by atoms with Crippen molar-refractivity contribution in [2.24, 2.45) is 5.10 Å². The van der Waals surface area contributed by atoms with Gasteiger partial charge in [-0.3, -0.25) is 0 Å². The number of rotatable bonds is 1. The van der Waals surface area contributed by atoms with E-state index < -0.39 is 0 Å². The molecule has 0 aliphatic carbocycles. The van der Waals surface area contributed by atoms with Gasteiger partial charge in [-0.2, -0.15) is 5.10 Å². The first-order valence-corrected chi connectivity index (χ1v) is 4.60. The van der Waals surface area contributed by atoms with Gasteiger partial charge in [0.15, 0.2) is 0 Å². The maximum absolute atomic E-state index is 4.29. The maximum Gasteiger partial charge on any atom is 0.0674 e. The summed E-state index contributed by atoms with van der Waals surface area (Å²) in [7, 11) is 0. The Balaban J connectivity index is 2.36. The van der Waals surface area contributed by atoms with Crippen LogP contribution in [-0.2, 0) is 0 Å². The predicted octanol–water partition coefficient (Wildman–Crippen LogP) is 2.87. The molecular weight excluding hydrogens is 172 g/mol. The Bertz CT molecular complexity index is 387. The average molecular weight is 184 g/mol. The van der Waals surface area contributed by atoms with Crippen LogP contribution in [0, 0.1) is 6.92 Å². The van der Waals surface area contributed by atoms with Crippen molar-refractivity contribution in [1.29, 1.82) is 0 Å². The summed E-state index contributed by atoms with van der Waals surface area (Å²) in [5, 5.41) is 6.16. The minimum absolute atomic E-state index is 1.11. The Morgan fingerprint density at radius 1 is 1.07 bits per heavy atom. The second kappa shape index (κ2) is 3.92. The Morgan fingerprint density at radius 2 is 1.93 bits per heavy atom. The van der Waals surface area contributed by atoms with Crippen LogP contribution < -0.4 is 5.01 Å². The summed E-state index contributed by atoms with van der Waals surface area (Å²) in [6, 6.07) is 8.19. The predicted molar refractivity (Wildman–Crippen MR) is 60.4 cm³/mol. The number of allylic oxidation sites excluding steroid dienone is 3. The highest BCUT2D eigenvalue weighted by molar-refractivity contribution is 5.74. The van der Waals surface area contributed by atoms with Crippen LogP contribution in [0.25, 0.3) is 0 Å². The van der Waals surface area contributed by atoms with Crippen LogP contribution >= 0.6 is 0 Å². The smallest absolute Gasteiger partial charge is 0.0674 e. The lowest BCUT2D eigenvalue weighted by Crippen LogP contribution is -2.07. The first-order chi connectivity index (χ1) is 6.88. The van der Waals surface area contributed by atoms with Crippen LogP contribution in [0.3, 0.4) is 0 Å². The zero-order valence-corrected chi connectivity index (χ0v) is 8.09. The van der Waals surface area contributed by atoms with Crippen LogP contribution in [0.4, 0.5) is 5.69 Å². The number of para-hydroxylation sites is 1. The number of anilines is 1. The van der Waals surface area contributed by atoms with Gasteiger partial charge in [-0.25, -0.2) is 5.01 Å². The molecule has 1 aliphatic rings. The Hall–Kier alpha value is -1.83. The molecule has 0 amide bonds. The van der Waals surface area contributed by atoms with Crippen LogP contribution in [0.15, 0.2) is 53.8 Å². The molecule has 1 aromatic rings. The summed E-state index contributed by atoms with van der Waals surface area (Å²) in [6.07, 6.45) is 9.57. The standard InChI is InChI=1S/C12H12N2/c1-11-7-3-4-8-12(11)14-10-6-2-5-9-13-14/h2-10H,1H3. The van der Waals surface area contributed by atoms with Crippen molar-refractivity contribution >= 4 is 11.9 Å². The molecule has 0 aromatic heterocycles. The SMILES string of the molecule is Cc1ccccc1N1C=CC=CC=N1. The quantitative estimate of drug-likeness (QED) is 0.655. The molecule has 0 radical (unpaired) electrons. The molecule has 1 aromatic carbocycles. The van der Waals surface area contributed by atoms with E-state index in [0.717, 1.165) is 5.69 Å². The lowest BCUT2D eigenvalue weighted by Gasteiger charge is -2.15. The molecule has 2 rings (SSSR count). The Labute approximate surface area is 83.9 Å². The molecule has 70 valence electrons. The number of benzene rings is 1. The molecule has 0 bridgehead atoms. The zero-order chi connectivity index (χ0) is 9.80. The van der Waals surface area contributed by atoms with E-state index in [4.69, 9.17) is 0 Å². The number of nitrogens with zero attached hydrogens (tertiary/aromatic N) is 2. The van der Waals surface area contributed by atoms with Crippen molar-refractivity contribution in [3.05, 3.63) is 54.3 Å². The second-order valence-corrected chi connectivity index (χ2v) is 3.12. The summed E-state index contributed by atoms with van der Waals surface area (Å²) >= 11 is 0. The molecule has 2 heteroatoms. The fourth-order valence-electron chi connectivity index (χ4n) is 1.36. The monoisotopic (exact) mass is 184 g/mol. The second-order valence-electron chi connectivity index (χ2n) is 3.12. The van der Waals surface area contributed by atoms with Crippen LogP contribution in [0.2, 0.25) is 0 Å². The van der Waals surface area contributed by atoms with Crippen LogP contribution in [-0.4, -0.2) is 6.21 Å². The largest absolute Gasteiger partial charge is 0.241 e. The molecule has 14 heavy (non-hydrogen) atoms. The van der Waals surface area contributed by atoms with Gasteiger partial charge in [0.25, 0.3) is 0 Å². The van der Waals surface area contributed by atoms with Crippen molar-refractivity contribution in [3.8, 4) is 0 Å². The number of hydrogen-bond acceptors (Lipinski definition) is 2. The van der Waals surface area contributed by atoms with Gasteiger partial charge in [-0.1, -0.05) is 24.3 Å². The highest BCUT2D eigenvalue weighted by atomic mass is 15.4. The highest BCUT2D eigenvalue weighted by Gasteiger charge is 2.03.